The third-order valence-corrected chi connectivity index (χ3v) is 6.18. The second-order valence-corrected chi connectivity index (χ2v) is 7.91. The lowest BCUT2D eigenvalue weighted by molar-refractivity contribution is -0.189. The fourth-order valence-electron chi connectivity index (χ4n) is 4.44. The van der Waals surface area contributed by atoms with Crippen molar-refractivity contribution in [2.24, 2.45) is 17.3 Å². The zero-order chi connectivity index (χ0) is 22.1. The molecule has 2 aliphatic carbocycles. The summed E-state index contributed by atoms with van der Waals surface area (Å²) in [7, 11) is 1.13. The van der Waals surface area contributed by atoms with Gasteiger partial charge in [0.25, 0.3) is 0 Å². The van der Waals surface area contributed by atoms with E-state index in [2.05, 4.69) is 17.9 Å². The third kappa shape index (κ3) is 4.13. The van der Waals surface area contributed by atoms with E-state index < -0.39 is 65.8 Å². The summed E-state index contributed by atoms with van der Waals surface area (Å²) in [5, 5.41) is 40.2. The van der Waals surface area contributed by atoms with Gasteiger partial charge in [-0.3, -0.25) is 4.79 Å². The zero-order valence-electron chi connectivity index (χ0n) is 16.5. The standard InChI is InChI=1S/C20H28O9/c1-9(12(23)8-21)19(27)29-13-7-20(3)14(24)6-5-11(22)16(20)17(25)15(13)10(2)18(26)28-4/h12-17,21,23-25H,1-2,5-8H2,3-4H3/t12-,13-,14-,15+,16-,17-,20-/m1/s1. The van der Waals surface area contributed by atoms with E-state index in [1.54, 1.807) is 6.92 Å². The topological polar surface area (TPSA) is 151 Å². The average Bonchev–Trinajstić information content (AvgIpc) is 2.68. The SMILES string of the molecule is C=C(C(=O)OC)[C@@H]1[C@@H](O)[C@H]2C(=O)CC[C@@H](O)[C@@]2(C)C[C@H]1OC(=O)C(=C)[C@H](O)CO. The molecule has 4 N–H and O–H groups in total. The van der Waals surface area contributed by atoms with Crippen molar-refractivity contribution in [1.82, 2.24) is 0 Å². The number of carbonyl (C=O) groups excluding carboxylic acids is 3. The molecule has 0 radical (unpaired) electrons. The van der Waals surface area contributed by atoms with Crippen molar-refractivity contribution in [1.29, 1.82) is 0 Å². The zero-order valence-corrected chi connectivity index (χ0v) is 16.5. The fourth-order valence-corrected chi connectivity index (χ4v) is 4.44. The number of aliphatic hydroxyl groups excluding tert-OH is 4. The molecule has 2 fully saturated rings. The first-order valence-electron chi connectivity index (χ1n) is 9.34. The van der Waals surface area contributed by atoms with Crippen LogP contribution in [0.4, 0.5) is 0 Å². The minimum atomic E-state index is -1.54. The van der Waals surface area contributed by atoms with Crippen molar-refractivity contribution in [2.45, 2.75) is 50.6 Å². The first-order chi connectivity index (χ1) is 13.5. The molecule has 0 saturated heterocycles. The first-order valence-corrected chi connectivity index (χ1v) is 9.34. The van der Waals surface area contributed by atoms with E-state index in [4.69, 9.17) is 9.84 Å². The van der Waals surface area contributed by atoms with Gasteiger partial charge in [0.1, 0.15) is 18.0 Å². The van der Waals surface area contributed by atoms with Gasteiger partial charge in [-0.2, -0.15) is 0 Å². The maximum atomic E-state index is 12.6. The van der Waals surface area contributed by atoms with Crippen molar-refractivity contribution in [3.63, 3.8) is 0 Å². The molecule has 162 valence electrons. The Bertz CT molecular complexity index is 715. The molecule has 7 atom stereocenters. The molecule has 0 aromatic rings. The average molecular weight is 412 g/mol. The largest absolute Gasteiger partial charge is 0.466 e. The van der Waals surface area contributed by atoms with Gasteiger partial charge in [0.2, 0.25) is 0 Å². The Morgan fingerprint density at radius 1 is 1.28 bits per heavy atom. The maximum absolute atomic E-state index is 12.6. The smallest absolute Gasteiger partial charge is 0.336 e. The fraction of sp³-hybridized carbons (Fsp3) is 0.650. The van der Waals surface area contributed by atoms with E-state index in [1.807, 2.05) is 0 Å². The molecule has 0 spiro atoms. The normalized spacial score (nSPS) is 35.2. The highest BCUT2D eigenvalue weighted by molar-refractivity contribution is 5.91. The van der Waals surface area contributed by atoms with Crippen molar-refractivity contribution in [3.05, 3.63) is 24.3 Å². The summed E-state index contributed by atoms with van der Waals surface area (Å²) in [5.74, 6) is -4.25. The van der Waals surface area contributed by atoms with E-state index >= 15 is 0 Å². The predicted molar refractivity (Wildman–Crippen MR) is 99.2 cm³/mol. The van der Waals surface area contributed by atoms with Crippen LogP contribution in [0.3, 0.4) is 0 Å². The number of carbonyl (C=O) groups is 3. The lowest BCUT2D eigenvalue weighted by Crippen LogP contribution is -2.62. The molecule has 0 amide bonds. The quantitative estimate of drug-likeness (QED) is 0.327. The van der Waals surface area contributed by atoms with Gasteiger partial charge < -0.3 is 29.9 Å². The number of fused-ring (bicyclic) bond motifs is 1. The van der Waals surface area contributed by atoms with Crippen molar-refractivity contribution >= 4 is 17.7 Å². The molecular formula is C20H28O9. The van der Waals surface area contributed by atoms with Crippen molar-refractivity contribution in [3.8, 4) is 0 Å². The number of hydrogen-bond donors (Lipinski definition) is 4. The van der Waals surface area contributed by atoms with Gasteiger partial charge in [-0.15, -0.1) is 0 Å². The summed E-state index contributed by atoms with van der Waals surface area (Å²) in [6, 6.07) is 0. The number of Topliss-reactive ketones (excluding diaryl/α,β-unsaturated/α-hetero) is 1. The summed E-state index contributed by atoms with van der Waals surface area (Å²) < 4.78 is 10.1. The second-order valence-electron chi connectivity index (χ2n) is 7.91. The highest BCUT2D eigenvalue weighted by Crippen LogP contribution is 2.52. The molecule has 9 nitrogen and oxygen atoms in total. The Morgan fingerprint density at radius 2 is 1.90 bits per heavy atom. The molecule has 2 aliphatic rings. The van der Waals surface area contributed by atoms with Crippen LogP contribution in [0, 0.1) is 17.3 Å². The van der Waals surface area contributed by atoms with Crippen LogP contribution in [0.15, 0.2) is 24.3 Å². The molecule has 2 saturated carbocycles. The van der Waals surface area contributed by atoms with Crippen LogP contribution in [0.1, 0.15) is 26.2 Å². The Labute approximate surface area is 168 Å². The highest BCUT2D eigenvalue weighted by atomic mass is 16.5. The number of aliphatic hydroxyl groups is 4. The van der Waals surface area contributed by atoms with Gasteiger partial charge >= 0.3 is 11.9 Å². The molecule has 0 unspecified atom stereocenters. The van der Waals surface area contributed by atoms with E-state index in [9.17, 15) is 29.7 Å². The van der Waals surface area contributed by atoms with Gasteiger partial charge in [0.15, 0.2) is 0 Å². The van der Waals surface area contributed by atoms with Gasteiger partial charge in [-0.25, -0.2) is 9.59 Å². The second kappa shape index (κ2) is 8.74. The van der Waals surface area contributed by atoms with Crippen molar-refractivity contribution in [2.75, 3.05) is 13.7 Å². The Morgan fingerprint density at radius 3 is 2.45 bits per heavy atom. The third-order valence-electron chi connectivity index (χ3n) is 6.18. The van der Waals surface area contributed by atoms with E-state index in [0.717, 1.165) is 7.11 Å². The Hall–Kier alpha value is -2.07. The molecule has 9 heteroatoms. The minimum Gasteiger partial charge on any atom is -0.466 e. The minimum absolute atomic E-state index is 0.0312. The van der Waals surface area contributed by atoms with Crippen LogP contribution in [-0.4, -0.2) is 76.3 Å². The molecule has 0 bridgehead atoms. The monoisotopic (exact) mass is 412 g/mol. The highest BCUT2D eigenvalue weighted by Gasteiger charge is 2.60. The number of rotatable bonds is 6. The first kappa shape index (κ1) is 23.2. The Balaban J connectivity index is 2.42. The Kier molecular flexibility index (Phi) is 7.00. The van der Waals surface area contributed by atoms with E-state index in [-0.39, 0.29) is 30.6 Å². The summed E-state index contributed by atoms with van der Waals surface area (Å²) in [6.07, 6.45) is -4.80. The number of ether oxygens (including phenoxy) is 2. The van der Waals surface area contributed by atoms with E-state index in [1.165, 1.54) is 0 Å². The molecule has 0 aromatic heterocycles. The van der Waals surface area contributed by atoms with Crippen LogP contribution in [0.2, 0.25) is 0 Å². The lowest BCUT2D eigenvalue weighted by atomic mass is 9.53. The molecule has 0 aliphatic heterocycles. The maximum Gasteiger partial charge on any atom is 0.336 e. The van der Waals surface area contributed by atoms with Gasteiger partial charge in [-0.1, -0.05) is 20.1 Å². The van der Waals surface area contributed by atoms with Crippen LogP contribution in [-0.2, 0) is 23.9 Å². The number of ketones is 1. The predicted octanol–water partition coefficient (Wildman–Crippen LogP) is -0.736. The van der Waals surface area contributed by atoms with Gasteiger partial charge in [0, 0.05) is 17.4 Å². The molecular weight excluding hydrogens is 384 g/mol. The summed E-state index contributed by atoms with van der Waals surface area (Å²) >= 11 is 0. The van der Waals surface area contributed by atoms with Crippen LogP contribution >= 0.6 is 0 Å². The lowest BCUT2D eigenvalue weighted by Gasteiger charge is -2.54. The van der Waals surface area contributed by atoms with Crippen LogP contribution < -0.4 is 0 Å². The molecule has 2 rings (SSSR count). The summed E-state index contributed by atoms with van der Waals surface area (Å²) in [4.78, 5) is 37.0. The summed E-state index contributed by atoms with van der Waals surface area (Å²) in [6.45, 7) is 7.92. The number of hydrogen-bond acceptors (Lipinski definition) is 9. The number of esters is 2. The number of methoxy groups -OCH3 is 1. The summed E-state index contributed by atoms with van der Waals surface area (Å²) in [5.41, 5.74) is -1.68. The van der Waals surface area contributed by atoms with E-state index in [0.29, 0.717) is 0 Å². The van der Waals surface area contributed by atoms with Gasteiger partial charge in [0.05, 0.1) is 43.3 Å². The van der Waals surface area contributed by atoms with Crippen LogP contribution in [0.25, 0.3) is 0 Å². The van der Waals surface area contributed by atoms with Gasteiger partial charge in [-0.05, 0) is 12.8 Å². The van der Waals surface area contributed by atoms with Crippen molar-refractivity contribution < 1.29 is 44.3 Å². The van der Waals surface area contributed by atoms with Crippen LogP contribution in [0.5, 0.6) is 0 Å². The molecule has 0 heterocycles. The molecule has 0 aromatic carbocycles. The molecule has 29 heavy (non-hydrogen) atoms.